The van der Waals surface area contributed by atoms with Crippen LogP contribution in [0.25, 0.3) is 0 Å². The number of hydrogen-bond donors (Lipinski definition) is 2. The maximum atomic E-state index is 10.7. The molecule has 0 spiro atoms. The van der Waals surface area contributed by atoms with Crippen molar-refractivity contribution < 1.29 is 19.1 Å². The molecule has 0 aliphatic heterocycles. The fourth-order valence-electron chi connectivity index (χ4n) is 2.20. The van der Waals surface area contributed by atoms with E-state index in [1.165, 1.54) is 0 Å². The summed E-state index contributed by atoms with van der Waals surface area (Å²) < 4.78 is 10.7. The minimum absolute atomic E-state index is 0.0200. The number of nitrogens with one attached hydrogen (secondary N) is 1. The lowest BCUT2D eigenvalue weighted by atomic mass is 9.64. The van der Waals surface area contributed by atoms with Crippen molar-refractivity contribution in [3.05, 3.63) is 12.0 Å². The van der Waals surface area contributed by atoms with Gasteiger partial charge in [0.25, 0.3) is 6.01 Å². The third-order valence-electron chi connectivity index (χ3n) is 3.57. The van der Waals surface area contributed by atoms with Gasteiger partial charge in [-0.2, -0.15) is 4.98 Å². The van der Waals surface area contributed by atoms with Crippen LogP contribution in [0.1, 0.15) is 37.7 Å². The van der Waals surface area contributed by atoms with Gasteiger partial charge in [0.15, 0.2) is 5.69 Å². The molecule has 0 radical (unpaired) electrons. The summed E-state index contributed by atoms with van der Waals surface area (Å²) in [6, 6.07) is 0.426. The van der Waals surface area contributed by atoms with E-state index in [0.29, 0.717) is 6.61 Å². The normalized spacial score (nSPS) is 25.5. The molecule has 2 unspecified atom stereocenters. The second-order valence-corrected chi connectivity index (χ2v) is 5.04. The number of rotatable bonds is 5. The number of anilines is 1. The highest BCUT2D eigenvalue weighted by molar-refractivity contribution is 5.85. The number of ether oxygens (including phenoxy) is 1. The lowest BCUT2D eigenvalue weighted by Gasteiger charge is -2.51. The highest BCUT2D eigenvalue weighted by atomic mass is 16.5. The summed E-state index contributed by atoms with van der Waals surface area (Å²) >= 11 is 0. The molecule has 1 fully saturated rings. The predicted molar refractivity (Wildman–Crippen MR) is 64.7 cm³/mol. The molecule has 0 saturated heterocycles. The second-order valence-electron chi connectivity index (χ2n) is 5.04. The van der Waals surface area contributed by atoms with E-state index in [0.717, 1.165) is 12.7 Å². The van der Waals surface area contributed by atoms with Gasteiger partial charge in [0.2, 0.25) is 0 Å². The smallest absolute Gasteiger partial charge is 0.357 e. The van der Waals surface area contributed by atoms with Crippen molar-refractivity contribution in [3.8, 4) is 0 Å². The number of carboxylic acid groups (broad SMARTS) is 1. The number of oxazole rings is 1. The Balaban J connectivity index is 1.96. The second kappa shape index (κ2) is 4.61. The van der Waals surface area contributed by atoms with Crippen molar-refractivity contribution in [2.24, 2.45) is 5.41 Å². The molecule has 0 bridgehead atoms. The molecule has 0 amide bonds. The lowest BCUT2D eigenvalue weighted by Crippen LogP contribution is -2.58. The number of carbonyl (C=O) groups is 1. The van der Waals surface area contributed by atoms with Crippen molar-refractivity contribution in [3.63, 3.8) is 0 Å². The fraction of sp³-hybridized carbons (Fsp3) is 0.667. The molecule has 1 saturated carbocycles. The first kappa shape index (κ1) is 12.9. The van der Waals surface area contributed by atoms with E-state index in [4.69, 9.17) is 14.3 Å². The van der Waals surface area contributed by atoms with E-state index in [2.05, 4.69) is 24.1 Å². The van der Waals surface area contributed by atoms with E-state index in [9.17, 15) is 4.79 Å². The maximum Gasteiger partial charge on any atom is 0.357 e. The van der Waals surface area contributed by atoms with Gasteiger partial charge >= 0.3 is 5.97 Å². The molecule has 1 aliphatic rings. The predicted octanol–water partition coefficient (Wildman–Crippen LogP) is 1.99. The average Bonchev–Trinajstić information content (AvgIpc) is 2.76. The molecule has 6 nitrogen and oxygen atoms in total. The minimum atomic E-state index is -1.09. The summed E-state index contributed by atoms with van der Waals surface area (Å²) in [4.78, 5) is 14.5. The number of aromatic carboxylic acids is 1. The van der Waals surface area contributed by atoms with Crippen molar-refractivity contribution in [1.82, 2.24) is 4.98 Å². The summed E-state index contributed by atoms with van der Waals surface area (Å²) in [5.41, 5.74) is -0.107. The highest BCUT2D eigenvalue weighted by Crippen LogP contribution is 2.44. The maximum absolute atomic E-state index is 10.7. The molecule has 0 aromatic carbocycles. The summed E-state index contributed by atoms with van der Waals surface area (Å²) in [7, 11) is 0. The zero-order valence-electron chi connectivity index (χ0n) is 10.8. The van der Waals surface area contributed by atoms with Crippen LogP contribution in [-0.4, -0.2) is 34.8 Å². The van der Waals surface area contributed by atoms with Gasteiger partial charge in [-0.05, 0) is 13.3 Å². The third kappa shape index (κ3) is 2.20. The molecule has 1 aromatic heterocycles. The monoisotopic (exact) mass is 254 g/mol. The molecule has 2 N–H and O–H groups in total. The van der Waals surface area contributed by atoms with Gasteiger partial charge in [0, 0.05) is 18.1 Å². The van der Waals surface area contributed by atoms with Crippen LogP contribution in [0, 0.1) is 5.41 Å². The quantitative estimate of drug-likeness (QED) is 0.835. The van der Waals surface area contributed by atoms with Gasteiger partial charge in [0.1, 0.15) is 6.26 Å². The largest absolute Gasteiger partial charge is 0.476 e. The van der Waals surface area contributed by atoms with Crippen LogP contribution in [0.15, 0.2) is 10.7 Å². The number of carboxylic acids is 1. The zero-order valence-corrected chi connectivity index (χ0v) is 10.8. The Morgan fingerprint density at radius 1 is 1.72 bits per heavy atom. The highest BCUT2D eigenvalue weighted by Gasteiger charge is 2.49. The van der Waals surface area contributed by atoms with Gasteiger partial charge in [-0.3, -0.25) is 0 Å². The molecular formula is C12H18N2O4. The van der Waals surface area contributed by atoms with Crippen molar-refractivity contribution >= 4 is 12.0 Å². The standard InChI is InChI=1S/C12H18N2O4/c1-4-17-9-5-8(12(9,2)3)14-11-13-7(6-18-11)10(15)16/h6,8-9H,4-5H2,1-3H3,(H,13,14)(H,15,16). The average molecular weight is 254 g/mol. The van der Waals surface area contributed by atoms with E-state index in [-0.39, 0.29) is 29.3 Å². The van der Waals surface area contributed by atoms with Gasteiger partial charge < -0.3 is 19.6 Å². The molecule has 100 valence electrons. The van der Waals surface area contributed by atoms with Crippen LogP contribution < -0.4 is 5.32 Å². The van der Waals surface area contributed by atoms with Gasteiger partial charge in [-0.25, -0.2) is 4.79 Å². The molecule has 1 heterocycles. The molecule has 6 heteroatoms. The van der Waals surface area contributed by atoms with Crippen molar-refractivity contribution in [1.29, 1.82) is 0 Å². The molecule has 18 heavy (non-hydrogen) atoms. The zero-order chi connectivity index (χ0) is 13.3. The molecular weight excluding hydrogens is 236 g/mol. The van der Waals surface area contributed by atoms with Crippen molar-refractivity contribution in [2.45, 2.75) is 39.3 Å². The third-order valence-corrected chi connectivity index (χ3v) is 3.57. The Hall–Kier alpha value is -1.56. The topological polar surface area (TPSA) is 84.6 Å². The van der Waals surface area contributed by atoms with Gasteiger partial charge in [0.05, 0.1) is 6.10 Å². The summed E-state index contributed by atoms with van der Waals surface area (Å²) in [5.74, 6) is -1.09. The van der Waals surface area contributed by atoms with E-state index in [1.54, 1.807) is 0 Å². The molecule has 2 atom stereocenters. The summed E-state index contributed by atoms with van der Waals surface area (Å²) in [5, 5.41) is 11.9. The van der Waals surface area contributed by atoms with Gasteiger partial charge in [-0.15, -0.1) is 0 Å². The van der Waals surface area contributed by atoms with Crippen LogP contribution in [0.3, 0.4) is 0 Å². The van der Waals surface area contributed by atoms with Crippen LogP contribution in [0.2, 0.25) is 0 Å². The minimum Gasteiger partial charge on any atom is -0.476 e. The van der Waals surface area contributed by atoms with Crippen LogP contribution in [0.4, 0.5) is 6.01 Å². The lowest BCUT2D eigenvalue weighted by molar-refractivity contribution is -0.0980. The Morgan fingerprint density at radius 3 is 2.94 bits per heavy atom. The SMILES string of the molecule is CCOC1CC(Nc2nc(C(=O)O)co2)C1(C)C. The van der Waals surface area contributed by atoms with Gasteiger partial charge in [-0.1, -0.05) is 13.8 Å². The first-order valence-electron chi connectivity index (χ1n) is 6.02. The first-order chi connectivity index (χ1) is 8.45. The van der Waals surface area contributed by atoms with Crippen LogP contribution in [-0.2, 0) is 4.74 Å². The van der Waals surface area contributed by atoms with Crippen LogP contribution >= 0.6 is 0 Å². The van der Waals surface area contributed by atoms with E-state index in [1.807, 2.05) is 6.92 Å². The number of hydrogen-bond acceptors (Lipinski definition) is 5. The Morgan fingerprint density at radius 2 is 2.44 bits per heavy atom. The molecule has 1 aliphatic carbocycles. The summed E-state index contributed by atoms with van der Waals surface area (Å²) in [6.07, 6.45) is 2.22. The Labute approximate surface area is 105 Å². The molecule has 2 rings (SSSR count). The van der Waals surface area contributed by atoms with Crippen LogP contribution in [0.5, 0.6) is 0 Å². The van der Waals surface area contributed by atoms with E-state index < -0.39 is 5.97 Å². The first-order valence-corrected chi connectivity index (χ1v) is 6.02. The Bertz CT molecular complexity index is 441. The fourth-order valence-corrected chi connectivity index (χ4v) is 2.20. The molecule has 1 aromatic rings. The number of aromatic nitrogens is 1. The van der Waals surface area contributed by atoms with E-state index >= 15 is 0 Å². The van der Waals surface area contributed by atoms with Crippen molar-refractivity contribution in [2.75, 3.05) is 11.9 Å². The summed E-state index contributed by atoms with van der Waals surface area (Å²) in [6.45, 7) is 6.89. The Kier molecular flexibility index (Phi) is 3.30. The number of nitrogens with zero attached hydrogens (tertiary/aromatic N) is 1.